The normalized spacial score (nSPS) is 11.0. The van der Waals surface area contributed by atoms with E-state index in [1.165, 1.54) is 42.0 Å². The van der Waals surface area contributed by atoms with Gasteiger partial charge >= 0.3 is 0 Å². The SMILES string of the molecule is CCCc1cc2ccccc2c(C)c1CCC. The standard InChI is InChI=1S/C17H22/c1-4-8-14-12-15-10-6-7-11-17(15)13(3)16(14)9-5-2/h6-7,10-12H,4-5,8-9H2,1-3H3. The number of aryl methyl sites for hydroxylation is 2. The van der Waals surface area contributed by atoms with Crippen molar-refractivity contribution in [2.24, 2.45) is 0 Å². The summed E-state index contributed by atoms with van der Waals surface area (Å²) in [6.45, 7) is 6.82. The second-order valence-electron chi connectivity index (χ2n) is 4.86. The Bertz CT molecular complexity index is 509. The van der Waals surface area contributed by atoms with E-state index in [1.54, 1.807) is 11.1 Å². The summed E-state index contributed by atoms with van der Waals surface area (Å²) in [5.74, 6) is 0. The maximum atomic E-state index is 2.40. The zero-order valence-corrected chi connectivity index (χ0v) is 11.2. The van der Waals surface area contributed by atoms with Crippen LogP contribution in [0.15, 0.2) is 30.3 Å². The van der Waals surface area contributed by atoms with E-state index in [4.69, 9.17) is 0 Å². The summed E-state index contributed by atoms with van der Waals surface area (Å²) in [5, 5.41) is 2.82. The molecule has 0 spiro atoms. The molecule has 0 aliphatic carbocycles. The van der Waals surface area contributed by atoms with Crippen molar-refractivity contribution in [3.8, 4) is 0 Å². The van der Waals surface area contributed by atoms with Gasteiger partial charge in [0, 0.05) is 0 Å². The summed E-state index contributed by atoms with van der Waals surface area (Å²) in [6, 6.07) is 11.2. The van der Waals surface area contributed by atoms with Crippen LogP contribution in [-0.4, -0.2) is 0 Å². The number of hydrogen-bond donors (Lipinski definition) is 0. The van der Waals surface area contributed by atoms with Crippen molar-refractivity contribution in [1.29, 1.82) is 0 Å². The van der Waals surface area contributed by atoms with Crippen molar-refractivity contribution < 1.29 is 0 Å². The fourth-order valence-corrected chi connectivity index (χ4v) is 2.73. The highest BCUT2D eigenvalue weighted by Crippen LogP contribution is 2.27. The summed E-state index contributed by atoms with van der Waals surface area (Å²) in [5.41, 5.74) is 4.65. The molecule has 0 heterocycles. The Kier molecular flexibility index (Phi) is 3.83. The molecule has 0 saturated carbocycles. The Morgan fingerprint density at radius 2 is 1.65 bits per heavy atom. The van der Waals surface area contributed by atoms with Gasteiger partial charge in [-0.15, -0.1) is 0 Å². The van der Waals surface area contributed by atoms with Crippen molar-refractivity contribution >= 4 is 10.8 Å². The van der Waals surface area contributed by atoms with Gasteiger partial charge < -0.3 is 0 Å². The Balaban J connectivity index is 2.65. The molecule has 0 saturated heterocycles. The Hall–Kier alpha value is -1.30. The van der Waals surface area contributed by atoms with Crippen molar-refractivity contribution in [2.75, 3.05) is 0 Å². The molecule has 2 rings (SSSR count). The fraction of sp³-hybridized carbons (Fsp3) is 0.412. The lowest BCUT2D eigenvalue weighted by Crippen LogP contribution is -1.98. The molecule has 0 aromatic heterocycles. The van der Waals surface area contributed by atoms with Crippen LogP contribution in [0.4, 0.5) is 0 Å². The van der Waals surface area contributed by atoms with E-state index in [-0.39, 0.29) is 0 Å². The highest BCUT2D eigenvalue weighted by atomic mass is 14.1. The number of hydrogen-bond acceptors (Lipinski definition) is 0. The Morgan fingerprint density at radius 3 is 2.35 bits per heavy atom. The first kappa shape index (κ1) is 12.2. The zero-order valence-electron chi connectivity index (χ0n) is 11.2. The Labute approximate surface area is 105 Å². The average molecular weight is 226 g/mol. The minimum atomic E-state index is 1.21. The van der Waals surface area contributed by atoms with E-state index >= 15 is 0 Å². The molecule has 0 fully saturated rings. The van der Waals surface area contributed by atoms with Crippen molar-refractivity contribution in [1.82, 2.24) is 0 Å². The van der Waals surface area contributed by atoms with E-state index < -0.39 is 0 Å². The molecular weight excluding hydrogens is 204 g/mol. The second-order valence-corrected chi connectivity index (χ2v) is 4.86. The third-order valence-corrected chi connectivity index (χ3v) is 3.55. The van der Waals surface area contributed by atoms with E-state index in [0.29, 0.717) is 0 Å². The largest absolute Gasteiger partial charge is 0.0651 e. The van der Waals surface area contributed by atoms with Crippen LogP contribution in [0.5, 0.6) is 0 Å². The van der Waals surface area contributed by atoms with Crippen LogP contribution in [0, 0.1) is 6.92 Å². The molecule has 0 aliphatic rings. The zero-order chi connectivity index (χ0) is 12.3. The molecule has 2 aromatic rings. The van der Waals surface area contributed by atoms with Crippen molar-refractivity contribution in [3.63, 3.8) is 0 Å². The van der Waals surface area contributed by atoms with Gasteiger partial charge in [-0.25, -0.2) is 0 Å². The third-order valence-electron chi connectivity index (χ3n) is 3.55. The van der Waals surface area contributed by atoms with Gasteiger partial charge in [-0.05, 0) is 47.2 Å². The first-order valence-electron chi connectivity index (χ1n) is 6.78. The molecule has 0 bridgehead atoms. The van der Waals surface area contributed by atoms with E-state index in [0.717, 1.165) is 0 Å². The molecule has 0 atom stereocenters. The molecule has 2 aromatic carbocycles. The van der Waals surface area contributed by atoms with Gasteiger partial charge in [0.05, 0.1) is 0 Å². The van der Waals surface area contributed by atoms with Gasteiger partial charge in [0.1, 0.15) is 0 Å². The van der Waals surface area contributed by atoms with Gasteiger partial charge in [-0.3, -0.25) is 0 Å². The highest BCUT2D eigenvalue weighted by molar-refractivity contribution is 5.87. The summed E-state index contributed by atoms with van der Waals surface area (Å²) in [7, 11) is 0. The molecule has 0 N–H and O–H groups in total. The van der Waals surface area contributed by atoms with Crippen LogP contribution in [0.2, 0.25) is 0 Å². The van der Waals surface area contributed by atoms with Crippen LogP contribution in [0.1, 0.15) is 43.4 Å². The lowest BCUT2D eigenvalue weighted by atomic mass is 9.90. The predicted octanol–water partition coefficient (Wildman–Crippen LogP) is 5.05. The average Bonchev–Trinajstić information content (AvgIpc) is 2.34. The van der Waals surface area contributed by atoms with E-state index in [9.17, 15) is 0 Å². The lowest BCUT2D eigenvalue weighted by molar-refractivity contribution is 0.857. The van der Waals surface area contributed by atoms with Gasteiger partial charge in [0.25, 0.3) is 0 Å². The lowest BCUT2D eigenvalue weighted by Gasteiger charge is -2.15. The molecule has 0 nitrogen and oxygen atoms in total. The van der Waals surface area contributed by atoms with E-state index in [2.05, 4.69) is 51.1 Å². The second kappa shape index (κ2) is 5.35. The van der Waals surface area contributed by atoms with Gasteiger partial charge in [0.2, 0.25) is 0 Å². The first-order valence-corrected chi connectivity index (χ1v) is 6.78. The number of benzene rings is 2. The maximum absolute atomic E-state index is 2.40. The molecule has 0 heteroatoms. The summed E-state index contributed by atoms with van der Waals surface area (Å²) in [4.78, 5) is 0. The molecule has 90 valence electrons. The van der Waals surface area contributed by atoms with Crippen LogP contribution in [0.25, 0.3) is 10.8 Å². The van der Waals surface area contributed by atoms with Crippen molar-refractivity contribution in [3.05, 3.63) is 47.0 Å². The maximum Gasteiger partial charge on any atom is -0.0152 e. The molecule has 0 unspecified atom stereocenters. The monoisotopic (exact) mass is 226 g/mol. The minimum Gasteiger partial charge on any atom is -0.0651 e. The fourth-order valence-electron chi connectivity index (χ4n) is 2.73. The van der Waals surface area contributed by atoms with Crippen LogP contribution in [0.3, 0.4) is 0 Å². The molecule has 0 amide bonds. The van der Waals surface area contributed by atoms with Crippen LogP contribution >= 0.6 is 0 Å². The van der Waals surface area contributed by atoms with Gasteiger partial charge in [-0.1, -0.05) is 57.0 Å². The first-order chi connectivity index (χ1) is 8.27. The van der Waals surface area contributed by atoms with Crippen LogP contribution < -0.4 is 0 Å². The molecular formula is C17H22. The molecule has 17 heavy (non-hydrogen) atoms. The molecule has 0 radical (unpaired) electrons. The summed E-state index contributed by atoms with van der Waals surface area (Å²) >= 11 is 0. The summed E-state index contributed by atoms with van der Waals surface area (Å²) in [6.07, 6.45) is 4.89. The quantitative estimate of drug-likeness (QED) is 0.684. The third kappa shape index (κ3) is 2.36. The Morgan fingerprint density at radius 1 is 0.941 bits per heavy atom. The van der Waals surface area contributed by atoms with E-state index in [1.807, 2.05) is 0 Å². The minimum absolute atomic E-state index is 1.21. The van der Waals surface area contributed by atoms with Crippen LogP contribution in [-0.2, 0) is 12.8 Å². The topological polar surface area (TPSA) is 0 Å². The summed E-state index contributed by atoms with van der Waals surface area (Å²) < 4.78 is 0. The van der Waals surface area contributed by atoms with Gasteiger partial charge in [0.15, 0.2) is 0 Å². The predicted molar refractivity (Wildman–Crippen MR) is 76.7 cm³/mol. The molecule has 0 aliphatic heterocycles. The highest BCUT2D eigenvalue weighted by Gasteiger charge is 2.08. The smallest absolute Gasteiger partial charge is 0.0152 e. The van der Waals surface area contributed by atoms with Crippen molar-refractivity contribution in [2.45, 2.75) is 46.5 Å². The number of rotatable bonds is 4. The van der Waals surface area contributed by atoms with Gasteiger partial charge in [-0.2, -0.15) is 0 Å². The number of fused-ring (bicyclic) bond motifs is 1.